The predicted molar refractivity (Wildman–Crippen MR) is 129 cm³/mol. The molecule has 0 aliphatic heterocycles. The van der Waals surface area contributed by atoms with E-state index in [0.29, 0.717) is 12.1 Å². The van der Waals surface area contributed by atoms with E-state index in [9.17, 15) is 4.79 Å². The van der Waals surface area contributed by atoms with Gasteiger partial charge in [-0.25, -0.2) is 0 Å². The minimum Gasteiger partial charge on any atom is -0.356 e. The van der Waals surface area contributed by atoms with Gasteiger partial charge in [0.25, 0.3) is 5.91 Å². The number of anilines is 1. The van der Waals surface area contributed by atoms with Crippen LogP contribution >= 0.6 is 23.1 Å². The number of aromatic nitrogens is 2. The maximum Gasteiger partial charge on any atom is 0.252 e. The summed E-state index contributed by atoms with van der Waals surface area (Å²) >= 11 is 3.33. The van der Waals surface area contributed by atoms with Crippen molar-refractivity contribution in [3.63, 3.8) is 0 Å². The summed E-state index contributed by atoms with van der Waals surface area (Å²) in [5.41, 5.74) is 4.97. The smallest absolute Gasteiger partial charge is 0.252 e. The van der Waals surface area contributed by atoms with Gasteiger partial charge in [-0.15, -0.1) is 10.2 Å². The summed E-state index contributed by atoms with van der Waals surface area (Å²) in [6.45, 7) is 6.70. The Bertz CT molecular complexity index is 1000. The molecular formula is C23H28N4OS2. The van der Waals surface area contributed by atoms with Crippen LogP contribution in [-0.4, -0.2) is 34.2 Å². The molecule has 0 aliphatic rings. The van der Waals surface area contributed by atoms with E-state index in [1.54, 1.807) is 11.8 Å². The van der Waals surface area contributed by atoms with E-state index in [0.717, 1.165) is 44.6 Å². The predicted octanol–water partition coefficient (Wildman–Crippen LogP) is 5.31. The van der Waals surface area contributed by atoms with Crippen LogP contribution < -0.4 is 10.6 Å². The zero-order valence-corrected chi connectivity index (χ0v) is 19.5. The van der Waals surface area contributed by atoms with Crippen molar-refractivity contribution in [1.82, 2.24) is 15.5 Å². The maximum absolute atomic E-state index is 13.1. The summed E-state index contributed by atoms with van der Waals surface area (Å²) in [4.78, 5) is 13.1. The molecule has 30 heavy (non-hydrogen) atoms. The minimum atomic E-state index is -0.0267. The first-order chi connectivity index (χ1) is 14.5. The van der Waals surface area contributed by atoms with Gasteiger partial charge >= 0.3 is 0 Å². The molecule has 2 N–H and O–H groups in total. The Morgan fingerprint density at radius 1 is 1.13 bits per heavy atom. The van der Waals surface area contributed by atoms with Crippen molar-refractivity contribution in [2.75, 3.05) is 17.3 Å². The average Bonchev–Trinajstić information content (AvgIpc) is 3.16. The first kappa shape index (κ1) is 22.3. The third-order valence-corrected chi connectivity index (χ3v) is 6.31. The number of benzene rings is 2. The van der Waals surface area contributed by atoms with Gasteiger partial charge in [0.2, 0.25) is 5.13 Å². The van der Waals surface area contributed by atoms with E-state index in [-0.39, 0.29) is 11.9 Å². The lowest BCUT2D eigenvalue weighted by atomic mass is 9.93. The molecule has 7 heteroatoms. The molecule has 1 heterocycles. The molecule has 1 atom stereocenters. The van der Waals surface area contributed by atoms with Gasteiger partial charge in [-0.05, 0) is 73.6 Å². The Morgan fingerprint density at radius 2 is 1.93 bits per heavy atom. The zero-order chi connectivity index (χ0) is 21.5. The van der Waals surface area contributed by atoms with Gasteiger partial charge in [0, 0.05) is 18.2 Å². The van der Waals surface area contributed by atoms with Crippen LogP contribution in [0.3, 0.4) is 0 Å². The lowest BCUT2D eigenvalue weighted by Gasteiger charge is -2.17. The van der Waals surface area contributed by atoms with Crippen molar-refractivity contribution >= 4 is 34.1 Å². The molecule has 158 valence electrons. The molecule has 1 amide bonds. The Balaban J connectivity index is 1.87. The van der Waals surface area contributed by atoms with E-state index in [1.165, 1.54) is 11.3 Å². The quantitative estimate of drug-likeness (QED) is 0.472. The van der Waals surface area contributed by atoms with Gasteiger partial charge in [-0.3, -0.25) is 4.79 Å². The Kier molecular flexibility index (Phi) is 7.87. The molecule has 3 aromatic rings. The van der Waals surface area contributed by atoms with Crippen LogP contribution in [0.15, 0.2) is 42.5 Å². The molecule has 0 aliphatic carbocycles. The second-order valence-corrected chi connectivity index (χ2v) is 9.50. The fourth-order valence-corrected chi connectivity index (χ4v) is 4.39. The summed E-state index contributed by atoms with van der Waals surface area (Å²) in [5, 5.41) is 16.4. The zero-order valence-electron chi connectivity index (χ0n) is 17.9. The SMILES string of the molecule is CSCCC(C)NC(=O)c1ccc(CNc2nnc(C)s2)cc1-c1ccccc1C. The molecule has 0 radical (unpaired) electrons. The molecule has 5 nitrogen and oxygen atoms in total. The lowest BCUT2D eigenvalue weighted by Crippen LogP contribution is -2.33. The molecule has 0 spiro atoms. The normalized spacial score (nSPS) is 11.9. The number of carbonyl (C=O) groups excluding carboxylic acids is 1. The van der Waals surface area contributed by atoms with E-state index in [4.69, 9.17) is 0 Å². The molecule has 1 aromatic heterocycles. The topological polar surface area (TPSA) is 66.9 Å². The van der Waals surface area contributed by atoms with Crippen molar-refractivity contribution in [2.45, 2.75) is 39.8 Å². The number of nitrogens with one attached hydrogen (secondary N) is 2. The summed E-state index contributed by atoms with van der Waals surface area (Å²) in [5.74, 6) is 1.00. The van der Waals surface area contributed by atoms with E-state index >= 15 is 0 Å². The third kappa shape index (κ3) is 5.83. The Hall–Kier alpha value is -2.38. The largest absolute Gasteiger partial charge is 0.356 e. The van der Waals surface area contributed by atoms with Crippen LogP contribution in [0.25, 0.3) is 11.1 Å². The summed E-state index contributed by atoms with van der Waals surface area (Å²) in [6, 6.07) is 14.4. The van der Waals surface area contributed by atoms with Crippen molar-refractivity contribution in [3.05, 3.63) is 64.2 Å². The van der Waals surface area contributed by atoms with Crippen molar-refractivity contribution in [3.8, 4) is 11.1 Å². The number of rotatable bonds is 9. The molecular weight excluding hydrogens is 412 g/mol. The summed E-state index contributed by atoms with van der Waals surface area (Å²) in [7, 11) is 0. The highest BCUT2D eigenvalue weighted by atomic mass is 32.2. The van der Waals surface area contributed by atoms with Gasteiger partial charge in [-0.1, -0.05) is 41.7 Å². The van der Waals surface area contributed by atoms with E-state index in [2.05, 4.69) is 59.1 Å². The fraction of sp³-hybridized carbons (Fsp3) is 0.348. The van der Waals surface area contributed by atoms with E-state index < -0.39 is 0 Å². The van der Waals surface area contributed by atoms with Gasteiger partial charge in [0.05, 0.1) is 0 Å². The number of hydrogen-bond acceptors (Lipinski definition) is 6. The number of aryl methyl sites for hydroxylation is 2. The highest BCUT2D eigenvalue weighted by Gasteiger charge is 2.17. The number of carbonyl (C=O) groups is 1. The number of thioether (sulfide) groups is 1. The highest BCUT2D eigenvalue weighted by molar-refractivity contribution is 7.98. The molecule has 0 saturated heterocycles. The molecule has 1 unspecified atom stereocenters. The monoisotopic (exact) mass is 440 g/mol. The van der Waals surface area contributed by atoms with Crippen LogP contribution in [0, 0.1) is 13.8 Å². The van der Waals surface area contributed by atoms with Crippen LogP contribution in [0.4, 0.5) is 5.13 Å². The number of hydrogen-bond donors (Lipinski definition) is 2. The fourth-order valence-electron chi connectivity index (χ4n) is 3.21. The maximum atomic E-state index is 13.1. The average molecular weight is 441 g/mol. The number of amides is 1. The van der Waals surface area contributed by atoms with Gasteiger partial charge in [0.1, 0.15) is 5.01 Å². The number of nitrogens with zero attached hydrogens (tertiary/aromatic N) is 2. The first-order valence-electron chi connectivity index (χ1n) is 10.0. The molecule has 0 saturated carbocycles. The second kappa shape index (κ2) is 10.6. The minimum absolute atomic E-state index is 0.0267. The molecule has 0 bridgehead atoms. The summed E-state index contributed by atoms with van der Waals surface area (Å²) < 4.78 is 0. The van der Waals surface area contributed by atoms with Gasteiger partial charge in [-0.2, -0.15) is 11.8 Å². The standard InChI is InChI=1S/C23H28N4OS2/c1-15-7-5-6-8-19(15)21-13-18(14-24-23-27-26-17(3)30-23)9-10-20(21)22(28)25-16(2)11-12-29-4/h5-10,13,16H,11-12,14H2,1-4H3,(H,24,27)(H,25,28). The highest BCUT2D eigenvalue weighted by Crippen LogP contribution is 2.29. The second-order valence-electron chi connectivity index (χ2n) is 7.33. The van der Waals surface area contributed by atoms with Gasteiger partial charge < -0.3 is 10.6 Å². The third-order valence-electron chi connectivity index (χ3n) is 4.87. The van der Waals surface area contributed by atoms with Crippen molar-refractivity contribution < 1.29 is 4.79 Å². The van der Waals surface area contributed by atoms with E-state index in [1.807, 2.05) is 31.2 Å². The van der Waals surface area contributed by atoms with Gasteiger partial charge in [0.15, 0.2) is 0 Å². The molecule has 3 rings (SSSR count). The van der Waals surface area contributed by atoms with Crippen LogP contribution in [-0.2, 0) is 6.54 Å². The Labute approximate surface area is 186 Å². The lowest BCUT2D eigenvalue weighted by molar-refractivity contribution is 0.0940. The van der Waals surface area contributed by atoms with Crippen LogP contribution in [0.5, 0.6) is 0 Å². The first-order valence-corrected chi connectivity index (χ1v) is 12.2. The summed E-state index contributed by atoms with van der Waals surface area (Å²) in [6.07, 6.45) is 3.04. The molecule has 2 aromatic carbocycles. The Morgan fingerprint density at radius 3 is 2.63 bits per heavy atom. The van der Waals surface area contributed by atoms with Crippen molar-refractivity contribution in [1.29, 1.82) is 0 Å². The van der Waals surface area contributed by atoms with Crippen LogP contribution in [0.2, 0.25) is 0 Å². The van der Waals surface area contributed by atoms with Crippen LogP contribution in [0.1, 0.15) is 39.8 Å². The molecule has 0 fully saturated rings. The van der Waals surface area contributed by atoms with Crippen molar-refractivity contribution in [2.24, 2.45) is 0 Å².